The van der Waals surface area contributed by atoms with E-state index in [9.17, 15) is 4.79 Å². The summed E-state index contributed by atoms with van der Waals surface area (Å²) < 4.78 is 30.6. The second-order valence-corrected chi connectivity index (χ2v) is 12.1. The highest BCUT2D eigenvalue weighted by atomic mass is 31.2. The Morgan fingerprint density at radius 2 is 2.18 bits per heavy atom. The molecule has 6 heterocycles. The van der Waals surface area contributed by atoms with Gasteiger partial charge >= 0.3 is 0 Å². The van der Waals surface area contributed by atoms with E-state index in [2.05, 4.69) is 55.8 Å². The Labute approximate surface area is 226 Å². The first-order valence-corrected chi connectivity index (χ1v) is 14.5. The molecule has 0 amide bonds. The summed E-state index contributed by atoms with van der Waals surface area (Å²) in [5.74, 6) is 0.194. The van der Waals surface area contributed by atoms with Crippen molar-refractivity contribution in [1.82, 2.24) is 29.1 Å². The van der Waals surface area contributed by atoms with Crippen molar-refractivity contribution >= 4 is 32.0 Å². The third kappa shape index (κ3) is 4.13. The molecular formula is C26H32N7O5P. The summed E-state index contributed by atoms with van der Waals surface area (Å²) in [6, 6.07) is 10.7. The van der Waals surface area contributed by atoms with E-state index in [0.717, 1.165) is 19.4 Å². The Balaban J connectivity index is 1.19. The van der Waals surface area contributed by atoms with E-state index in [0.29, 0.717) is 24.7 Å². The maximum absolute atomic E-state index is 12.7. The van der Waals surface area contributed by atoms with Crippen LogP contribution in [0, 0.1) is 0 Å². The SMILES string of the molecule is CC[C@]12CO[C@@H](C1O[P@]1O[C@@H](c3ccccc3)[C@H]3CCCN31)[C@H](n1cnc3c(=O)[nH]c(N=CN(C)C)nc31)O2. The summed E-state index contributed by atoms with van der Waals surface area (Å²) in [5, 5.41) is 0. The van der Waals surface area contributed by atoms with Crippen molar-refractivity contribution in [2.75, 3.05) is 27.2 Å². The van der Waals surface area contributed by atoms with Gasteiger partial charge in [-0.25, -0.2) is 14.6 Å². The lowest BCUT2D eigenvalue weighted by atomic mass is 9.96. The lowest BCUT2D eigenvalue weighted by Gasteiger charge is -2.31. The van der Waals surface area contributed by atoms with E-state index < -0.39 is 26.5 Å². The molecule has 2 bridgehead atoms. The number of hydrogen-bond acceptors (Lipinski definition) is 9. The van der Waals surface area contributed by atoms with E-state index in [4.69, 9.17) is 18.5 Å². The number of ether oxygens (including phenoxy) is 2. The minimum absolute atomic E-state index is 0.0104. The topological polar surface area (TPSA) is 119 Å². The molecule has 7 atom stereocenters. The predicted octanol–water partition coefficient (Wildman–Crippen LogP) is 3.27. The van der Waals surface area contributed by atoms with Gasteiger partial charge in [-0.2, -0.15) is 4.98 Å². The number of nitrogens with one attached hydrogen (secondary N) is 1. The van der Waals surface area contributed by atoms with Crippen molar-refractivity contribution in [2.24, 2.45) is 4.99 Å². The zero-order chi connectivity index (χ0) is 26.7. The third-order valence-corrected chi connectivity index (χ3v) is 9.77. The van der Waals surface area contributed by atoms with Gasteiger partial charge in [0, 0.05) is 26.7 Å². The molecule has 4 aliphatic rings. The highest BCUT2D eigenvalue weighted by molar-refractivity contribution is 7.45. The molecule has 13 heteroatoms. The molecule has 0 spiro atoms. The molecule has 1 aromatic carbocycles. The first kappa shape index (κ1) is 25.3. The van der Waals surface area contributed by atoms with Crippen LogP contribution in [0.4, 0.5) is 5.95 Å². The number of imidazole rings is 1. The number of hydrogen-bond donors (Lipinski definition) is 1. The molecular weight excluding hydrogens is 521 g/mol. The number of nitrogens with zero attached hydrogens (tertiary/aromatic N) is 6. The van der Waals surface area contributed by atoms with E-state index >= 15 is 0 Å². The van der Waals surface area contributed by atoms with Crippen LogP contribution in [0.25, 0.3) is 11.2 Å². The van der Waals surface area contributed by atoms with Crippen molar-refractivity contribution < 1.29 is 18.5 Å². The molecule has 0 radical (unpaired) electrons. The minimum Gasteiger partial charge on any atom is -0.369 e. The normalized spacial score (nSPS) is 34.0. The fourth-order valence-corrected chi connectivity index (χ4v) is 8.10. The molecule has 0 saturated carbocycles. The second kappa shape index (κ2) is 9.72. The number of benzene rings is 1. The Bertz CT molecular complexity index is 1450. The van der Waals surface area contributed by atoms with Crippen molar-refractivity contribution in [3.8, 4) is 0 Å². The summed E-state index contributed by atoms with van der Waals surface area (Å²) >= 11 is 0. The van der Waals surface area contributed by atoms with Crippen molar-refractivity contribution in [1.29, 1.82) is 0 Å². The standard InChI is InChI=1S/C26H32N7O5P/c1-4-26-13-35-20(21(26)38-39-33-12-8-11-17(33)19(37-39)16-9-6-5-7-10-16)24(36-26)32-15-27-18-22(32)29-25(30-23(18)34)28-14-31(2)3/h5-7,9-10,14-15,17,19-21,24H,4,8,11-13H2,1-3H3,(H,29,30,34)/t17-,19+,20+,21?,24-,26+,39+/m1/s1. The van der Waals surface area contributed by atoms with Gasteiger partial charge in [0.2, 0.25) is 5.95 Å². The fraction of sp³-hybridized carbons (Fsp3) is 0.538. The Morgan fingerprint density at radius 1 is 1.33 bits per heavy atom. The highest BCUT2D eigenvalue weighted by Crippen LogP contribution is 2.63. The third-order valence-electron chi connectivity index (χ3n) is 8.04. The number of aromatic nitrogens is 4. The molecule has 1 unspecified atom stereocenters. The summed E-state index contributed by atoms with van der Waals surface area (Å²) in [7, 11) is 2.40. The van der Waals surface area contributed by atoms with Gasteiger partial charge in [-0.1, -0.05) is 37.3 Å². The van der Waals surface area contributed by atoms with Gasteiger partial charge in [0.25, 0.3) is 14.1 Å². The maximum atomic E-state index is 12.7. The van der Waals surface area contributed by atoms with E-state index in [1.807, 2.05) is 20.2 Å². The maximum Gasteiger partial charge on any atom is 0.280 e. The summed E-state index contributed by atoms with van der Waals surface area (Å²) in [4.78, 5) is 30.3. The zero-order valence-corrected chi connectivity index (χ0v) is 23.0. The average molecular weight is 554 g/mol. The Kier molecular flexibility index (Phi) is 6.30. The van der Waals surface area contributed by atoms with Crippen LogP contribution in [0.1, 0.15) is 44.1 Å². The van der Waals surface area contributed by atoms with Crippen LogP contribution in [-0.2, 0) is 18.5 Å². The summed E-state index contributed by atoms with van der Waals surface area (Å²) in [6.07, 6.45) is 4.79. The summed E-state index contributed by atoms with van der Waals surface area (Å²) in [6.45, 7) is 3.47. The van der Waals surface area contributed by atoms with Crippen LogP contribution < -0.4 is 5.56 Å². The van der Waals surface area contributed by atoms with Gasteiger partial charge in [-0.05, 0) is 24.8 Å². The summed E-state index contributed by atoms with van der Waals surface area (Å²) in [5.41, 5.74) is 0.804. The van der Waals surface area contributed by atoms with E-state index in [1.165, 1.54) is 5.56 Å². The van der Waals surface area contributed by atoms with Gasteiger partial charge in [0.1, 0.15) is 23.9 Å². The van der Waals surface area contributed by atoms with E-state index in [-0.39, 0.29) is 29.2 Å². The van der Waals surface area contributed by atoms with Crippen LogP contribution in [-0.4, -0.2) is 86.5 Å². The molecule has 2 aromatic heterocycles. The monoisotopic (exact) mass is 553 g/mol. The first-order chi connectivity index (χ1) is 19.0. The minimum atomic E-state index is -1.29. The molecule has 1 N–H and O–H groups in total. The number of H-pyrrole nitrogens is 1. The largest absolute Gasteiger partial charge is 0.369 e. The number of rotatable bonds is 7. The average Bonchev–Trinajstić information content (AvgIpc) is 3.75. The lowest BCUT2D eigenvalue weighted by molar-refractivity contribution is -0.172. The molecule has 3 aromatic rings. The Hall–Kier alpha value is -2.73. The number of aliphatic imine (C=N–C) groups is 1. The van der Waals surface area contributed by atoms with Crippen LogP contribution in [0.15, 0.2) is 46.4 Å². The highest BCUT2D eigenvalue weighted by Gasteiger charge is 2.64. The Morgan fingerprint density at radius 3 is 2.97 bits per heavy atom. The molecule has 4 saturated heterocycles. The zero-order valence-electron chi connectivity index (χ0n) is 22.1. The van der Waals surface area contributed by atoms with Crippen LogP contribution in [0.2, 0.25) is 0 Å². The number of aromatic amines is 1. The number of fused-ring (bicyclic) bond motifs is 4. The van der Waals surface area contributed by atoms with Crippen molar-refractivity contribution in [3.63, 3.8) is 0 Å². The second-order valence-electron chi connectivity index (χ2n) is 10.7. The quantitative estimate of drug-likeness (QED) is 0.267. The fourth-order valence-electron chi connectivity index (χ4n) is 6.06. The van der Waals surface area contributed by atoms with Gasteiger partial charge in [0.05, 0.1) is 19.3 Å². The smallest absolute Gasteiger partial charge is 0.280 e. The van der Waals surface area contributed by atoms with Crippen LogP contribution in [0.5, 0.6) is 0 Å². The lowest BCUT2D eigenvalue weighted by Crippen LogP contribution is -2.41. The van der Waals surface area contributed by atoms with Crippen LogP contribution >= 0.6 is 8.53 Å². The predicted molar refractivity (Wildman–Crippen MR) is 145 cm³/mol. The molecule has 206 valence electrons. The molecule has 39 heavy (non-hydrogen) atoms. The molecule has 4 aliphatic heterocycles. The molecule has 0 aliphatic carbocycles. The van der Waals surface area contributed by atoms with Crippen molar-refractivity contribution in [2.45, 2.75) is 62.4 Å². The van der Waals surface area contributed by atoms with Crippen LogP contribution in [0.3, 0.4) is 0 Å². The molecule has 12 nitrogen and oxygen atoms in total. The van der Waals surface area contributed by atoms with Gasteiger partial charge in [-0.15, -0.1) is 0 Å². The van der Waals surface area contributed by atoms with Gasteiger partial charge < -0.3 is 23.4 Å². The van der Waals surface area contributed by atoms with Gasteiger partial charge in [-0.3, -0.25) is 14.3 Å². The first-order valence-electron chi connectivity index (χ1n) is 13.4. The molecule has 4 fully saturated rings. The van der Waals surface area contributed by atoms with Crippen molar-refractivity contribution in [3.05, 3.63) is 52.6 Å². The molecule has 7 rings (SSSR count). The van der Waals surface area contributed by atoms with Gasteiger partial charge in [0.15, 0.2) is 17.4 Å². The van der Waals surface area contributed by atoms with E-state index in [1.54, 1.807) is 22.1 Å².